The van der Waals surface area contributed by atoms with Crippen LogP contribution in [0, 0.1) is 17.3 Å². The zero-order valence-corrected chi connectivity index (χ0v) is 11.3. The highest BCUT2D eigenvalue weighted by Gasteiger charge is 2.63. The molecule has 0 aliphatic heterocycles. The van der Waals surface area contributed by atoms with E-state index in [1.54, 1.807) is 6.92 Å². The molecule has 0 aromatic rings. The van der Waals surface area contributed by atoms with Gasteiger partial charge >= 0.3 is 0 Å². The van der Waals surface area contributed by atoms with Crippen molar-refractivity contribution in [1.82, 2.24) is 0 Å². The van der Waals surface area contributed by atoms with E-state index in [1.165, 1.54) is 0 Å². The number of hydrogen-bond donors (Lipinski definition) is 1. The van der Waals surface area contributed by atoms with Gasteiger partial charge in [0.2, 0.25) is 0 Å². The minimum absolute atomic E-state index is 0.0707. The molecule has 3 aliphatic rings. The average molecular weight is 260 g/mol. The van der Waals surface area contributed by atoms with Crippen LogP contribution in [-0.4, -0.2) is 25.2 Å². The molecular formula is C12H20O4S. The third kappa shape index (κ3) is 1.84. The third-order valence-electron chi connectivity index (χ3n) is 4.78. The van der Waals surface area contributed by atoms with Crippen LogP contribution in [0.25, 0.3) is 0 Å². The molecule has 1 N–H and O–H groups in total. The molecular weight excluding hydrogens is 240 g/mol. The molecule has 4 nitrogen and oxygen atoms in total. The lowest BCUT2D eigenvalue weighted by Crippen LogP contribution is -2.67. The molecule has 2 bridgehead atoms. The Morgan fingerprint density at radius 1 is 1.35 bits per heavy atom. The summed E-state index contributed by atoms with van der Waals surface area (Å²) in [7, 11) is -3.73. The Kier molecular flexibility index (Phi) is 2.73. The standard InChI is InChI=1S/C12H20O4S/c1-5-17(14,15)16-10-7-8-6-9(11(8,2)3)12(10,4)13/h5,8-10,13H,1,6-7H2,2-4H3. The summed E-state index contributed by atoms with van der Waals surface area (Å²) in [5.74, 6) is 0.525. The summed E-state index contributed by atoms with van der Waals surface area (Å²) in [5, 5.41) is 11.3. The van der Waals surface area contributed by atoms with Crippen molar-refractivity contribution in [2.45, 2.75) is 45.3 Å². The number of aliphatic hydroxyl groups is 1. The lowest BCUT2D eigenvalue weighted by molar-refractivity contribution is -0.237. The van der Waals surface area contributed by atoms with E-state index >= 15 is 0 Å². The molecule has 4 unspecified atom stereocenters. The minimum Gasteiger partial charge on any atom is -0.387 e. The molecule has 98 valence electrons. The maximum absolute atomic E-state index is 11.4. The van der Waals surface area contributed by atoms with Crippen molar-refractivity contribution in [1.29, 1.82) is 0 Å². The van der Waals surface area contributed by atoms with Crippen LogP contribution in [0.4, 0.5) is 0 Å². The first-order valence-corrected chi connectivity index (χ1v) is 7.36. The van der Waals surface area contributed by atoms with Crippen molar-refractivity contribution in [2.75, 3.05) is 0 Å². The van der Waals surface area contributed by atoms with Crippen molar-refractivity contribution in [3.63, 3.8) is 0 Å². The Balaban J connectivity index is 2.21. The summed E-state index contributed by atoms with van der Waals surface area (Å²) in [5.41, 5.74) is -1.02. The van der Waals surface area contributed by atoms with Gasteiger partial charge in [0.15, 0.2) is 0 Å². The quantitative estimate of drug-likeness (QED) is 0.784. The molecule has 0 aromatic heterocycles. The number of hydrogen-bond acceptors (Lipinski definition) is 4. The van der Waals surface area contributed by atoms with E-state index in [9.17, 15) is 13.5 Å². The van der Waals surface area contributed by atoms with Gasteiger partial charge in [-0.15, -0.1) is 0 Å². The maximum Gasteiger partial charge on any atom is 0.289 e. The Morgan fingerprint density at radius 2 is 1.94 bits per heavy atom. The molecule has 17 heavy (non-hydrogen) atoms. The van der Waals surface area contributed by atoms with Gasteiger partial charge in [-0.1, -0.05) is 20.4 Å². The highest BCUT2D eigenvalue weighted by atomic mass is 32.2. The lowest BCUT2D eigenvalue weighted by atomic mass is 9.43. The molecule has 0 heterocycles. The molecule has 3 aliphatic carbocycles. The van der Waals surface area contributed by atoms with E-state index in [4.69, 9.17) is 4.18 Å². The molecule has 0 aromatic carbocycles. The lowest BCUT2D eigenvalue weighted by Gasteiger charge is -2.64. The van der Waals surface area contributed by atoms with Gasteiger partial charge < -0.3 is 5.11 Å². The highest BCUT2D eigenvalue weighted by Crippen LogP contribution is 2.63. The summed E-state index contributed by atoms with van der Waals surface area (Å²) in [6.07, 6.45) is 0.889. The van der Waals surface area contributed by atoms with Crippen molar-refractivity contribution in [3.8, 4) is 0 Å². The molecule has 0 amide bonds. The summed E-state index contributed by atoms with van der Waals surface area (Å²) in [6, 6.07) is 0. The van der Waals surface area contributed by atoms with E-state index in [2.05, 4.69) is 20.4 Å². The predicted molar refractivity (Wildman–Crippen MR) is 64.6 cm³/mol. The van der Waals surface area contributed by atoms with Crippen molar-refractivity contribution in [3.05, 3.63) is 12.0 Å². The van der Waals surface area contributed by atoms with Gasteiger partial charge in [0.25, 0.3) is 10.1 Å². The zero-order valence-electron chi connectivity index (χ0n) is 10.5. The summed E-state index contributed by atoms with van der Waals surface area (Å²) < 4.78 is 27.8. The second-order valence-corrected chi connectivity index (χ2v) is 7.52. The fraction of sp³-hybridized carbons (Fsp3) is 0.833. The molecule has 5 heteroatoms. The van der Waals surface area contributed by atoms with Crippen LogP contribution < -0.4 is 0 Å². The van der Waals surface area contributed by atoms with E-state index in [1.807, 2.05) is 0 Å². The summed E-state index contributed by atoms with van der Waals surface area (Å²) >= 11 is 0. The number of fused-ring (bicyclic) bond motifs is 2. The van der Waals surface area contributed by atoms with Gasteiger partial charge in [0.05, 0.1) is 11.0 Å². The second-order valence-electron chi connectivity index (χ2n) is 6.01. The first-order chi connectivity index (χ1) is 7.61. The van der Waals surface area contributed by atoms with E-state index in [0.717, 1.165) is 11.8 Å². The van der Waals surface area contributed by atoms with Gasteiger partial charge in [-0.25, -0.2) is 0 Å². The fourth-order valence-corrected chi connectivity index (χ4v) is 4.14. The van der Waals surface area contributed by atoms with Crippen LogP contribution in [0.15, 0.2) is 12.0 Å². The maximum atomic E-state index is 11.4. The van der Waals surface area contributed by atoms with Gasteiger partial charge in [-0.2, -0.15) is 8.42 Å². The smallest absolute Gasteiger partial charge is 0.289 e. The third-order valence-corrected chi connectivity index (χ3v) is 5.69. The molecule has 3 saturated carbocycles. The number of rotatable bonds is 3. The fourth-order valence-electron chi connectivity index (χ4n) is 3.47. The van der Waals surface area contributed by atoms with Crippen LogP contribution in [0.3, 0.4) is 0 Å². The molecule has 3 rings (SSSR count). The average Bonchev–Trinajstić information content (AvgIpc) is 2.19. The first kappa shape index (κ1) is 13.1. The zero-order chi connectivity index (χ0) is 13.1. The van der Waals surface area contributed by atoms with Crippen molar-refractivity contribution >= 4 is 10.1 Å². The Hall–Kier alpha value is -0.390. The van der Waals surface area contributed by atoms with Gasteiger partial charge in [0.1, 0.15) is 6.10 Å². The van der Waals surface area contributed by atoms with Crippen LogP contribution in [0.1, 0.15) is 33.6 Å². The second kappa shape index (κ2) is 3.56. The van der Waals surface area contributed by atoms with Gasteiger partial charge in [-0.05, 0) is 37.0 Å². The molecule has 4 atom stereocenters. The predicted octanol–water partition coefficient (Wildman–Crippen LogP) is 1.66. The SMILES string of the molecule is C=CS(=O)(=O)OC1CC2CC(C2(C)C)C1(C)O. The highest BCUT2D eigenvalue weighted by molar-refractivity contribution is 7.89. The van der Waals surface area contributed by atoms with Crippen LogP contribution in [0.2, 0.25) is 0 Å². The van der Waals surface area contributed by atoms with E-state index < -0.39 is 21.8 Å². The monoisotopic (exact) mass is 260 g/mol. The van der Waals surface area contributed by atoms with Crippen molar-refractivity contribution in [2.24, 2.45) is 17.3 Å². The van der Waals surface area contributed by atoms with Crippen LogP contribution >= 0.6 is 0 Å². The van der Waals surface area contributed by atoms with E-state index in [0.29, 0.717) is 12.3 Å². The van der Waals surface area contributed by atoms with Gasteiger partial charge in [0, 0.05) is 0 Å². The molecule has 0 saturated heterocycles. The Labute approximate surface area is 103 Å². The summed E-state index contributed by atoms with van der Waals surface area (Å²) in [4.78, 5) is 0. The Bertz CT molecular complexity index is 435. The minimum atomic E-state index is -3.73. The van der Waals surface area contributed by atoms with Crippen LogP contribution in [-0.2, 0) is 14.3 Å². The Morgan fingerprint density at radius 3 is 2.35 bits per heavy atom. The van der Waals surface area contributed by atoms with Gasteiger partial charge in [-0.3, -0.25) is 4.18 Å². The molecule has 0 spiro atoms. The van der Waals surface area contributed by atoms with Crippen molar-refractivity contribution < 1.29 is 17.7 Å². The topological polar surface area (TPSA) is 63.6 Å². The largest absolute Gasteiger partial charge is 0.387 e. The first-order valence-electron chi connectivity index (χ1n) is 5.89. The molecule has 0 radical (unpaired) electrons. The molecule has 3 fully saturated rings. The summed E-state index contributed by atoms with van der Waals surface area (Å²) in [6.45, 7) is 9.14. The van der Waals surface area contributed by atoms with E-state index in [-0.39, 0.29) is 11.3 Å². The normalized spacial score (nSPS) is 43.9. The van der Waals surface area contributed by atoms with Crippen LogP contribution in [0.5, 0.6) is 0 Å².